The molecule has 5 nitrogen and oxygen atoms in total. The van der Waals surface area contributed by atoms with Gasteiger partial charge in [0.05, 0.1) is 17.2 Å². The second kappa shape index (κ2) is 4.45. The molecule has 0 aliphatic heterocycles. The van der Waals surface area contributed by atoms with Gasteiger partial charge in [0.1, 0.15) is 5.75 Å². The third kappa shape index (κ3) is 2.38. The number of primary amides is 1. The summed E-state index contributed by atoms with van der Waals surface area (Å²) in [5, 5.41) is 2.48. The molecule has 5 heteroatoms. The molecule has 1 aliphatic carbocycles. The molecule has 3 N–H and O–H groups in total. The molecule has 2 rings (SSSR count). The summed E-state index contributed by atoms with van der Waals surface area (Å²) in [7, 11) is 1.50. The topological polar surface area (TPSA) is 81.4 Å². The molecule has 2 amide bonds. The zero-order valence-corrected chi connectivity index (χ0v) is 9.53. The highest BCUT2D eigenvalue weighted by molar-refractivity contribution is 6.08. The van der Waals surface area contributed by atoms with Crippen molar-refractivity contribution in [1.82, 2.24) is 5.32 Å². The van der Waals surface area contributed by atoms with E-state index in [2.05, 4.69) is 5.32 Å². The second-order valence-electron chi connectivity index (χ2n) is 3.94. The molecule has 0 bridgehead atoms. The number of amides is 2. The van der Waals surface area contributed by atoms with Crippen molar-refractivity contribution >= 4 is 11.8 Å². The Bertz CT molecular complexity index is 467. The first-order valence-corrected chi connectivity index (χ1v) is 5.45. The van der Waals surface area contributed by atoms with E-state index in [1.54, 1.807) is 12.1 Å². The maximum absolute atomic E-state index is 11.8. The lowest BCUT2D eigenvalue weighted by Gasteiger charge is -2.12. The Balaban J connectivity index is 2.45. The van der Waals surface area contributed by atoms with Crippen molar-refractivity contribution in [2.45, 2.75) is 18.9 Å². The maximum Gasteiger partial charge on any atom is 0.255 e. The van der Waals surface area contributed by atoms with Crippen LogP contribution in [-0.4, -0.2) is 25.0 Å². The predicted octanol–water partition coefficient (Wildman–Crippen LogP) is 0.686. The summed E-state index contributed by atoms with van der Waals surface area (Å²) in [6.45, 7) is 0. The van der Waals surface area contributed by atoms with E-state index in [1.807, 2.05) is 0 Å². The molecule has 1 aromatic carbocycles. The van der Waals surface area contributed by atoms with E-state index >= 15 is 0 Å². The summed E-state index contributed by atoms with van der Waals surface area (Å²) >= 11 is 0. The Morgan fingerprint density at radius 3 is 2.65 bits per heavy atom. The van der Waals surface area contributed by atoms with Crippen LogP contribution < -0.4 is 15.8 Å². The Morgan fingerprint density at radius 1 is 1.41 bits per heavy atom. The van der Waals surface area contributed by atoms with Crippen LogP contribution in [0.4, 0.5) is 0 Å². The van der Waals surface area contributed by atoms with Gasteiger partial charge in [-0.2, -0.15) is 0 Å². The lowest BCUT2D eigenvalue weighted by Crippen LogP contribution is -2.24. The molecular weight excluding hydrogens is 220 g/mol. The summed E-state index contributed by atoms with van der Waals surface area (Å²) in [6.07, 6.45) is 2.11. The van der Waals surface area contributed by atoms with E-state index in [0.717, 1.165) is 12.8 Å². The third-order valence-electron chi connectivity index (χ3n) is 2.56. The first-order chi connectivity index (χ1) is 8.13. The SMILES string of the molecule is CNC(=O)c1c(OC2CC2)cccc1C(N)=O. The lowest BCUT2D eigenvalue weighted by molar-refractivity contribution is 0.0938. The van der Waals surface area contributed by atoms with Gasteiger partial charge in [0.2, 0.25) is 5.91 Å². The molecule has 0 saturated heterocycles. The number of benzene rings is 1. The molecule has 0 aromatic heterocycles. The van der Waals surface area contributed by atoms with Gasteiger partial charge >= 0.3 is 0 Å². The molecule has 0 atom stereocenters. The van der Waals surface area contributed by atoms with Crippen molar-refractivity contribution < 1.29 is 14.3 Å². The van der Waals surface area contributed by atoms with Gasteiger partial charge in [0, 0.05) is 7.05 Å². The highest BCUT2D eigenvalue weighted by Gasteiger charge is 2.27. The van der Waals surface area contributed by atoms with Crippen LogP contribution in [0.2, 0.25) is 0 Å². The Labute approximate surface area is 98.9 Å². The molecule has 1 aliphatic rings. The Morgan fingerprint density at radius 2 is 2.12 bits per heavy atom. The normalized spacial score (nSPS) is 14.2. The fraction of sp³-hybridized carbons (Fsp3) is 0.333. The Kier molecular flexibility index (Phi) is 2.99. The molecule has 0 unspecified atom stereocenters. The number of carbonyl (C=O) groups is 2. The highest BCUT2D eigenvalue weighted by atomic mass is 16.5. The summed E-state index contributed by atoms with van der Waals surface area (Å²) < 4.78 is 5.60. The van der Waals surface area contributed by atoms with E-state index in [4.69, 9.17) is 10.5 Å². The molecule has 1 aromatic rings. The number of carbonyl (C=O) groups excluding carboxylic acids is 2. The van der Waals surface area contributed by atoms with E-state index in [0.29, 0.717) is 5.75 Å². The number of hydrogen-bond acceptors (Lipinski definition) is 3. The summed E-state index contributed by atoms with van der Waals surface area (Å²) in [4.78, 5) is 23.0. The first kappa shape index (κ1) is 11.4. The van der Waals surface area contributed by atoms with E-state index < -0.39 is 5.91 Å². The molecule has 1 fully saturated rings. The summed E-state index contributed by atoms with van der Waals surface area (Å²) in [5.41, 5.74) is 5.65. The van der Waals surface area contributed by atoms with Crippen LogP contribution in [0.15, 0.2) is 18.2 Å². The van der Waals surface area contributed by atoms with Gasteiger partial charge in [-0.05, 0) is 25.0 Å². The van der Waals surface area contributed by atoms with Crippen LogP contribution >= 0.6 is 0 Å². The number of nitrogens with one attached hydrogen (secondary N) is 1. The molecule has 0 spiro atoms. The zero-order chi connectivity index (χ0) is 12.4. The number of rotatable bonds is 4. The minimum Gasteiger partial charge on any atom is -0.490 e. The fourth-order valence-corrected chi connectivity index (χ4v) is 1.56. The average molecular weight is 234 g/mol. The number of ether oxygens (including phenoxy) is 1. The average Bonchev–Trinajstić information content (AvgIpc) is 3.11. The van der Waals surface area contributed by atoms with Crippen LogP contribution in [0, 0.1) is 0 Å². The largest absolute Gasteiger partial charge is 0.490 e. The standard InChI is InChI=1S/C12H14N2O3/c1-14-12(16)10-8(11(13)15)3-2-4-9(10)17-7-5-6-7/h2-4,7H,5-6H2,1H3,(H2,13,15)(H,14,16). The highest BCUT2D eigenvalue weighted by Crippen LogP contribution is 2.30. The van der Waals surface area contributed by atoms with E-state index in [1.165, 1.54) is 13.1 Å². The minimum atomic E-state index is -0.634. The molecule has 90 valence electrons. The van der Waals surface area contributed by atoms with Gasteiger partial charge in [-0.1, -0.05) is 6.07 Å². The fourth-order valence-electron chi connectivity index (χ4n) is 1.56. The molecule has 0 radical (unpaired) electrons. The Hall–Kier alpha value is -2.04. The van der Waals surface area contributed by atoms with E-state index in [9.17, 15) is 9.59 Å². The minimum absolute atomic E-state index is 0.154. The van der Waals surface area contributed by atoms with Crippen molar-refractivity contribution in [3.63, 3.8) is 0 Å². The van der Waals surface area contributed by atoms with Gasteiger partial charge in [-0.15, -0.1) is 0 Å². The monoisotopic (exact) mass is 234 g/mol. The molecule has 0 heterocycles. The van der Waals surface area contributed by atoms with Gasteiger partial charge in [-0.25, -0.2) is 0 Å². The zero-order valence-electron chi connectivity index (χ0n) is 9.53. The third-order valence-corrected chi connectivity index (χ3v) is 2.56. The first-order valence-electron chi connectivity index (χ1n) is 5.45. The van der Waals surface area contributed by atoms with Crippen molar-refractivity contribution in [2.75, 3.05) is 7.05 Å². The van der Waals surface area contributed by atoms with Gasteiger partial charge < -0.3 is 15.8 Å². The van der Waals surface area contributed by atoms with Crippen LogP contribution in [0.5, 0.6) is 5.75 Å². The van der Waals surface area contributed by atoms with Gasteiger partial charge in [-0.3, -0.25) is 9.59 Å². The van der Waals surface area contributed by atoms with Gasteiger partial charge in [0.15, 0.2) is 0 Å². The van der Waals surface area contributed by atoms with Crippen LogP contribution in [-0.2, 0) is 0 Å². The molecule has 1 saturated carbocycles. The van der Waals surface area contributed by atoms with Crippen molar-refractivity contribution in [1.29, 1.82) is 0 Å². The lowest BCUT2D eigenvalue weighted by atomic mass is 10.1. The van der Waals surface area contributed by atoms with Crippen LogP contribution in [0.25, 0.3) is 0 Å². The van der Waals surface area contributed by atoms with Gasteiger partial charge in [0.25, 0.3) is 5.91 Å². The molecule has 17 heavy (non-hydrogen) atoms. The van der Waals surface area contributed by atoms with Crippen molar-refractivity contribution in [2.24, 2.45) is 5.73 Å². The van der Waals surface area contributed by atoms with Crippen molar-refractivity contribution in [3.05, 3.63) is 29.3 Å². The summed E-state index contributed by atoms with van der Waals surface area (Å²) in [6, 6.07) is 4.85. The molecular formula is C12H14N2O3. The van der Waals surface area contributed by atoms with Crippen LogP contribution in [0.3, 0.4) is 0 Å². The second-order valence-corrected chi connectivity index (χ2v) is 3.94. The summed E-state index contributed by atoms with van der Waals surface area (Å²) in [5.74, 6) is -0.581. The number of nitrogens with two attached hydrogens (primary N) is 1. The van der Waals surface area contributed by atoms with Crippen molar-refractivity contribution in [3.8, 4) is 5.75 Å². The van der Waals surface area contributed by atoms with E-state index in [-0.39, 0.29) is 23.1 Å². The number of hydrogen-bond donors (Lipinski definition) is 2. The maximum atomic E-state index is 11.8. The predicted molar refractivity (Wildman–Crippen MR) is 62.0 cm³/mol. The van der Waals surface area contributed by atoms with Crippen LogP contribution in [0.1, 0.15) is 33.6 Å². The quantitative estimate of drug-likeness (QED) is 0.804. The smallest absolute Gasteiger partial charge is 0.255 e.